The number of ether oxygens (including phenoxy) is 2. The summed E-state index contributed by atoms with van der Waals surface area (Å²) in [5.74, 6) is 0.411. The predicted molar refractivity (Wildman–Crippen MR) is 76.2 cm³/mol. The van der Waals surface area contributed by atoms with Gasteiger partial charge in [-0.25, -0.2) is 0 Å². The average Bonchev–Trinajstić information content (AvgIpc) is 2.48. The summed E-state index contributed by atoms with van der Waals surface area (Å²) in [5.41, 5.74) is 0.663. The zero-order valence-electron chi connectivity index (χ0n) is 11.9. The van der Waals surface area contributed by atoms with Crippen LogP contribution in [0.5, 0.6) is 5.75 Å². The van der Waals surface area contributed by atoms with Gasteiger partial charge >= 0.3 is 0 Å². The van der Waals surface area contributed by atoms with Gasteiger partial charge in [0.05, 0.1) is 19.8 Å². The van der Waals surface area contributed by atoms with E-state index in [1.807, 2.05) is 0 Å². The first-order valence-corrected chi connectivity index (χ1v) is 6.57. The molecular weight excluding hydrogens is 278 g/mol. The second kappa shape index (κ2) is 9.30. The highest BCUT2D eigenvalue weighted by molar-refractivity contribution is 5.88. The summed E-state index contributed by atoms with van der Waals surface area (Å²) in [4.78, 5) is 10.9. The number of aliphatic hydroxyl groups excluding tert-OH is 3. The van der Waals surface area contributed by atoms with E-state index in [0.29, 0.717) is 11.4 Å². The first-order valence-electron chi connectivity index (χ1n) is 6.57. The number of amides is 1. The van der Waals surface area contributed by atoms with Crippen LogP contribution < -0.4 is 10.1 Å². The molecule has 1 amide bonds. The fourth-order valence-electron chi connectivity index (χ4n) is 1.48. The predicted octanol–water partition coefficient (Wildman–Crippen LogP) is -0.246. The van der Waals surface area contributed by atoms with E-state index in [4.69, 9.17) is 24.8 Å². The summed E-state index contributed by atoms with van der Waals surface area (Å²) < 4.78 is 10.6. The number of hydrogen-bond donors (Lipinski definition) is 4. The molecule has 0 saturated carbocycles. The summed E-state index contributed by atoms with van der Waals surface area (Å²) in [5, 5.41) is 29.6. The van der Waals surface area contributed by atoms with Gasteiger partial charge in [0.15, 0.2) is 0 Å². The van der Waals surface area contributed by atoms with E-state index in [-0.39, 0.29) is 25.7 Å². The molecule has 4 N–H and O–H groups in total. The zero-order chi connectivity index (χ0) is 15.7. The number of carbonyl (C=O) groups excluding carboxylic acids is 1. The molecule has 2 atom stereocenters. The van der Waals surface area contributed by atoms with Crippen molar-refractivity contribution in [1.29, 1.82) is 0 Å². The van der Waals surface area contributed by atoms with E-state index in [1.165, 1.54) is 6.92 Å². The van der Waals surface area contributed by atoms with E-state index in [1.54, 1.807) is 24.3 Å². The first kappa shape index (κ1) is 17.4. The van der Waals surface area contributed by atoms with Gasteiger partial charge in [-0.2, -0.15) is 0 Å². The van der Waals surface area contributed by atoms with Gasteiger partial charge in [-0.3, -0.25) is 4.79 Å². The van der Waals surface area contributed by atoms with Gasteiger partial charge in [-0.15, -0.1) is 0 Å². The van der Waals surface area contributed by atoms with Gasteiger partial charge in [0.25, 0.3) is 0 Å². The Bertz CT molecular complexity index is 422. The maximum atomic E-state index is 10.9. The molecule has 0 bridgehead atoms. The lowest BCUT2D eigenvalue weighted by Gasteiger charge is -2.18. The first-order chi connectivity index (χ1) is 10.0. The molecule has 0 radical (unpaired) electrons. The van der Waals surface area contributed by atoms with Crippen LogP contribution in [0.15, 0.2) is 24.3 Å². The van der Waals surface area contributed by atoms with Crippen molar-refractivity contribution in [3.05, 3.63) is 24.3 Å². The topological polar surface area (TPSA) is 108 Å². The molecular formula is C14H21NO6. The lowest BCUT2D eigenvalue weighted by molar-refractivity contribution is -0.114. The third-order valence-corrected chi connectivity index (χ3v) is 2.55. The molecule has 1 aromatic rings. The fraction of sp³-hybridized carbons (Fsp3) is 0.500. The molecule has 0 aliphatic rings. The van der Waals surface area contributed by atoms with Crippen molar-refractivity contribution in [1.82, 2.24) is 0 Å². The van der Waals surface area contributed by atoms with Gasteiger partial charge in [0.1, 0.15) is 24.6 Å². The number of anilines is 1. The van der Waals surface area contributed by atoms with Crippen LogP contribution in [0, 0.1) is 0 Å². The lowest BCUT2D eigenvalue weighted by atomic mass is 10.3. The second-order valence-electron chi connectivity index (χ2n) is 4.49. The minimum atomic E-state index is -0.976. The largest absolute Gasteiger partial charge is 0.491 e. The highest BCUT2D eigenvalue weighted by atomic mass is 16.5. The van der Waals surface area contributed by atoms with Gasteiger partial charge in [-0.05, 0) is 24.3 Å². The summed E-state index contributed by atoms with van der Waals surface area (Å²) in [6.07, 6.45) is -1.57. The number of nitrogens with one attached hydrogen (secondary N) is 1. The number of aliphatic hydroxyl groups is 3. The van der Waals surface area contributed by atoms with Crippen molar-refractivity contribution in [2.75, 3.05) is 31.7 Å². The van der Waals surface area contributed by atoms with Crippen molar-refractivity contribution in [2.24, 2.45) is 0 Å². The molecule has 21 heavy (non-hydrogen) atoms. The normalized spacial score (nSPS) is 13.5. The Hall–Kier alpha value is -1.67. The highest BCUT2D eigenvalue weighted by Crippen LogP contribution is 2.16. The summed E-state index contributed by atoms with van der Waals surface area (Å²) in [6, 6.07) is 6.76. The van der Waals surface area contributed by atoms with Crippen molar-refractivity contribution in [3.8, 4) is 5.75 Å². The Labute approximate surface area is 123 Å². The Morgan fingerprint density at radius 1 is 1.19 bits per heavy atom. The standard InChI is InChI=1S/C14H21NO6/c1-10(18)15-11-2-4-13(5-3-11)21-9-14(7-17)20-8-12(19)6-16/h2-5,12,14,16-17,19H,6-9H2,1H3,(H,15,18). The van der Waals surface area contributed by atoms with Crippen LogP contribution in [0.4, 0.5) is 5.69 Å². The summed E-state index contributed by atoms with van der Waals surface area (Å²) in [7, 11) is 0. The van der Waals surface area contributed by atoms with Crippen LogP contribution >= 0.6 is 0 Å². The Kier molecular flexibility index (Phi) is 7.70. The third kappa shape index (κ3) is 7.05. The molecule has 0 fully saturated rings. The maximum absolute atomic E-state index is 10.9. The average molecular weight is 299 g/mol. The molecule has 0 aromatic heterocycles. The minimum absolute atomic E-state index is 0.0768. The molecule has 0 saturated heterocycles. The Morgan fingerprint density at radius 2 is 1.86 bits per heavy atom. The van der Waals surface area contributed by atoms with Gasteiger partial charge in [0, 0.05) is 12.6 Å². The van der Waals surface area contributed by atoms with Gasteiger partial charge in [0.2, 0.25) is 5.91 Å². The monoisotopic (exact) mass is 299 g/mol. The van der Waals surface area contributed by atoms with E-state index < -0.39 is 18.8 Å². The van der Waals surface area contributed by atoms with Crippen molar-refractivity contribution < 1.29 is 29.6 Å². The smallest absolute Gasteiger partial charge is 0.221 e. The maximum Gasteiger partial charge on any atom is 0.221 e. The molecule has 0 heterocycles. The molecule has 0 aliphatic heterocycles. The fourth-order valence-corrected chi connectivity index (χ4v) is 1.48. The van der Waals surface area contributed by atoms with Crippen LogP contribution in [0.2, 0.25) is 0 Å². The molecule has 1 aromatic carbocycles. The highest BCUT2D eigenvalue weighted by Gasteiger charge is 2.12. The van der Waals surface area contributed by atoms with E-state index in [2.05, 4.69) is 5.32 Å². The van der Waals surface area contributed by atoms with Crippen LogP contribution in [-0.4, -0.2) is 59.9 Å². The van der Waals surface area contributed by atoms with E-state index >= 15 is 0 Å². The third-order valence-electron chi connectivity index (χ3n) is 2.55. The molecule has 1 rings (SSSR count). The number of rotatable bonds is 9. The van der Waals surface area contributed by atoms with E-state index in [9.17, 15) is 4.79 Å². The molecule has 2 unspecified atom stereocenters. The van der Waals surface area contributed by atoms with Crippen molar-refractivity contribution >= 4 is 11.6 Å². The lowest BCUT2D eigenvalue weighted by Crippen LogP contribution is -2.30. The molecule has 7 nitrogen and oxygen atoms in total. The minimum Gasteiger partial charge on any atom is -0.491 e. The van der Waals surface area contributed by atoms with Crippen LogP contribution in [0.1, 0.15) is 6.92 Å². The van der Waals surface area contributed by atoms with Crippen molar-refractivity contribution in [2.45, 2.75) is 19.1 Å². The number of benzene rings is 1. The quantitative estimate of drug-likeness (QED) is 0.501. The van der Waals surface area contributed by atoms with Crippen LogP contribution in [0.25, 0.3) is 0 Å². The van der Waals surface area contributed by atoms with Gasteiger partial charge < -0.3 is 30.1 Å². The molecule has 0 spiro atoms. The van der Waals surface area contributed by atoms with Crippen LogP contribution in [0.3, 0.4) is 0 Å². The van der Waals surface area contributed by atoms with E-state index in [0.717, 1.165) is 0 Å². The Balaban J connectivity index is 2.40. The Morgan fingerprint density at radius 3 is 2.38 bits per heavy atom. The number of hydrogen-bond acceptors (Lipinski definition) is 6. The summed E-state index contributed by atoms with van der Waals surface area (Å²) >= 11 is 0. The van der Waals surface area contributed by atoms with Crippen LogP contribution in [-0.2, 0) is 9.53 Å². The summed E-state index contributed by atoms with van der Waals surface area (Å²) in [6.45, 7) is 0.792. The molecule has 0 aliphatic carbocycles. The van der Waals surface area contributed by atoms with Crippen molar-refractivity contribution in [3.63, 3.8) is 0 Å². The second-order valence-corrected chi connectivity index (χ2v) is 4.49. The SMILES string of the molecule is CC(=O)Nc1ccc(OCC(CO)OCC(O)CO)cc1. The number of carbonyl (C=O) groups is 1. The molecule has 118 valence electrons. The zero-order valence-corrected chi connectivity index (χ0v) is 11.9. The van der Waals surface area contributed by atoms with Gasteiger partial charge in [-0.1, -0.05) is 0 Å². The molecule has 7 heteroatoms.